The Hall–Kier alpha value is -3.53. The van der Waals surface area contributed by atoms with E-state index in [4.69, 9.17) is 48.5 Å². The van der Waals surface area contributed by atoms with Gasteiger partial charge in [0.2, 0.25) is 9.23 Å². The number of ether oxygens (including phenoxy) is 2. The van der Waals surface area contributed by atoms with Crippen LogP contribution in [0.2, 0.25) is 10.0 Å². The molecule has 2 atom stereocenters. The molecule has 19 heteroatoms. The maximum Gasteiger partial charge on any atom is 0.211 e. The lowest BCUT2D eigenvalue weighted by molar-refractivity contribution is 0.194. The summed E-state index contributed by atoms with van der Waals surface area (Å²) in [6, 6.07) is 16.5. The van der Waals surface area contributed by atoms with Crippen LogP contribution in [0.5, 0.6) is 11.5 Å². The fourth-order valence-corrected chi connectivity index (χ4v) is 5.37. The van der Waals surface area contributed by atoms with Gasteiger partial charge in [0.25, 0.3) is 0 Å². The van der Waals surface area contributed by atoms with Gasteiger partial charge in [-0.2, -0.15) is 0 Å². The van der Waals surface area contributed by atoms with Crippen LogP contribution in [0, 0.1) is 11.6 Å². The van der Waals surface area contributed by atoms with Crippen molar-refractivity contribution in [3.63, 3.8) is 0 Å². The number of nitrogens with one attached hydrogen (secondary N) is 2. The second-order valence-corrected chi connectivity index (χ2v) is 14.6. The third kappa shape index (κ3) is 11.2. The van der Waals surface area contributed by atoms with Crippen molar-refractivity contribution < 1.29 is 27.6 Å². The number of methoxy groups -OCH3 is 2. The number of halogens is 8. The normalized spacial score (nSPS) is 11.7. The average Bonchev–Trinajstić information content (AvgIpc) is 3.11. The molecule has 0 aliphatic heterocycles. The summed E-state index contributed by atoms with van der Waals surface area (Å²) in [5.41, 5.74) is 3.10. The van der Waals surface area contributed by atoms with Crippen LogP contribution >= 0.6 is 68.6 Å². The van der Waals surface area contributed by atoms with Gasteiger partial charge >= 0.3 is 0 Å². The van der Waals surface area contributed by atoms with Crippen LogP contribution in [0.1, 0.15) is 36.5 Å². The molecular formula is C34H30Cl6F2N6O4S. The van der Waals surface area contributed by atoms with E-state index in [1.807, 2.05) is 13.0 Å². The number of aliphatic hydroxyl groups is 1. The van der Waals surface area contributed by atoms with Crippen LogP contribution in [0.3, 0.4) is 0 Å². The highest BCUT2D eigenvalue weighted by atomic mass is 36.0. The number of aliphatic hydroxyl groups excluding tert-OH is 1. The van der Waals surface area contributed by atoms with E-state index in [0.717, 1.165) is 5.56 Å². The van der Waals surface area contributed by atoms with Gasteiger partial charge in [-0.15, -0.1) is 24.0 Å². The molecule has 6 rings (SSSR count). The summed E-state index contributed by atoms with van der Waals surface area (Å²) in [4.78, 5) is 16.8. The number of nitrogens with zero attached hydrogens (tertiary/aromatic N) is 4. The van der Waals surface area contributed by atoms with Gasteiger partial charge in [-0.05, 0) is 50.2 Å². The zero-order valence-corrected chi connectivity index (χ0v) is 33.4. The standard InChI is InChI=1S/C17H14Cl2FN3O.C17H15ClFN3O2.Cl2OS.ClH/c1-9(18)10-6-11-14(7-15(10)24-2)21-8-22-17(11)23-13-5-3-4-12(19)16(13)20;1-9(23)10-6-11-14(7-15(10)24-2)20-8-21-17(11)22-13-5-3-4-12(18)16(13)19;1-4(2)3;/h3-9H,1-2H3,(H,21,22,23);3-9,23H,1-2H3,(H,20,21,22);;1H. The Morgan fingerprint density at radius 2 is 1.13 bits per heavy atom. The Morgan fingerprint density at radius 3 is 1.51 bits per heavy atom. The first-order valence-electron chi connectivity index (χ1n) is 14.9. The average molecular weight is 869 g/mol. The van der Waals surface area contributed by atoms with E-state index in [-0.39, 0.29) is 39.2 Å². The maximum atomic E-state index is 14.1. The van der Waals surface area contributed by atoms with Crippen molar-refractivity contribution in [1.29, 1.82) is 0 Å². The number of rotatable bonds is 8. The second kappa shape index (κ2) is 20.2. The molecular weight excluding hydrogens is 839 g/mol. The van der Waals surface area contributed by atoms with Crippen molar-refractivity contribution in [2.24, 2.45) is 0 Å². The predicted octanol–water partition coefficient (Wildman–Crippen LogP) is 11.2. The molecule has 0 aliphatic rings. The molecule has 0 saturated carbocycles. The Morgan fingerprint density at radius 1 is 0.736 bits per heavy atom. The minimum Gasteiger partial charge on any atom is -0.496 e. The molecule has 0 spiro atoms. The first kappa shape index (κ1) is 43.9. The zero-order valence-electron chi connectivity index (χ0n) is 28.0. The SMILES string of the molecule is COc1cc2ncnc(Nc3cccc(Cl)c3F)c2cc1C(C)Cl.COc1cc2ncnc(Nc3cccc(Cl)c3F)c2cc1C(C)O.Cl.O=S(Cl)Cl. The Kier molecular flexibility index (Phi) is 16.7. The molecule has 0 bridgehead atoms. The van der Waals surface area contributed by atoms with E-state index in [1.165, 1.54) is 31.9 Å². The quantitative estimate of drug-likeness (QED) is 0.100. The molecule has 0 fully saturated rings. The lowest BCUT2D eigenvalue weighted by atomic mass is 10.1. The number of hydrogen-bond donors (Lipinski definition) is 3. The number of fused-ring (bicyclic) bond motifs is 2. The zero-order chi connectivity index (χ0) is 38.1. The summed E-state index contributed by atoms with van der Waals surface area (Å²) in [6.07, 6.45) is 2.03. The Labute approximate surface area is 336 Å². The van der Waals surface area contributed by atoms with Gasteiger partial charge in [0, 0.05) is 55.4 Å². The van der Waals surface area contributed by atoms with Gasteiger partial charge in [-0.3, -0.25) is 0 Å². The van der Waals surface area contributed by atoms with Crippen LogP contribution < -0.4 is 20.1 Å². The molecule has 2 aromatic heterocycles. The summed E-state index contributed by atoms with van der Waals surface area (Å²) >= 11 is 17.9. The Bertz CT molecular complexity index is 2070. The monoisotopic (exact) mass is 866 g/mol. The van der Waals surface area contributed by atoms with E-state index >= 15 is 0 Å². The van der Waals surface area contributed by atoms with E-state index in [2.05, 4.69) is 51.9 Å². The van der Waals surface area contributed by atoms with Crippen LogP contribution in [0.15, 0.2) is 73.3 Å². The molecule has 2 unspecified atom stereocenters. The fourth-order valence-electron chi connectivity index (χ4n) is 4.85. The van der Waals surface area contributed by atoms with Crippen LogP contribution in [-0.2, 0) is 9.23 Å². The van der Waals surface area contributed by atoms with Crippen LogP contribution in [0.25, 0.3) is 21.8 Å². The third-order valence-electron chi connectivity index (χ3n) is 7.26. The summed E-state index contributed by atoms with van der Waals surface area (Å²) in [5.74, 6) is 0.938. The fraction of sp³-hybridized carbons (Fsp3) is 0.176. The topological polar surface area (TPSA) is 131 Å². The van der Waals surface area contributed by atoms with Crippen molar-refractivity contribution in [3.8, 4) is 11.5 Å². The number of hydrogen-bond acceptors (Lipinski definition) is 10. The minimum atomic E-state index is -1.67. The molecule has 0 radical (unpaired) electrons. The molecule has 6 aromatic rings. The molecule has 3 N–H and O–H groups in total. The van der Waals surface area contributed by atoms with Crippen molar-refractivity contribution in [2.75, 3.05) is 24.9 Å². The number of aromatic nitrogens is 4. The predicted molar refractivity (Wildman–Crippen MR) is 214 cm³/mol. The van der Waals surface area contributed by atoms with Crippen molar-refractivity contribution >= 4 is 123 Å². The lowest BCUT2D eigenvalue weighted by Crippen LogP contribution is -2.01. The van der Waals surface area contributed by atoms with Crippen LogP contribution in [-0.4, -0.2) is 43.5 Å². The van der Waals surface area contributed by atoms with Crippen LogP contribution in [0.4, 0.5) is 31.8 Å². The molecule has 53 heavy (non-hydrogen) atoms. The maximum absolute atomic E-state index is 14.1. The van der Waals surface area contributed by atoms with E-state index in [0.29, 0.717) is 50.5 Å². The molecule has 0 amide bonds. The minimum absolute atomic E-state index is 0. The number of benzene rings is 4. The molecule has 0 aliphatic carbocycles. The van der Waals surface area contributed by atoms with Crippen molar-refractivity contribution in [3.05, 3.63) is 106 Å². The molecule has 282 valence electrons. The highest BCUT2D eigenvalue weighted by Gasteiger charge is 2.17. The molecule has 10 nitrogen and oxygen atoms in total. The third-order valence-corrected chi connectivity index (χ3v) is 8.08. The number of alkyl halides is 1. The smallest absolute Gasteiger partial charge is 0.211 e. The van der Waals surface area contributed by atoms with Gasteiger partial charge in [0.05, 0.1) is 58.2 Å². The largest absolute Gasteiger partial charge is 0.496 e. The summed E-state index contributed by atoms with van der Waals surface area (Å²) in [5, 5.41) is 17.0. The molecule has 4 aromatic carbocycles. The van der Waals surface area contributed by atoms with E-state index in [9.17, 15) is 13.9 Å². The molecule has 2 heterocycles. The van der Waals surface area contributed by atoms with Crippen molar-refractivity contribution in [2.45, 2.75) is 25.3 Å². The van der Waals surface area contributed by atoms with Gasteiger partial charge in [-0.1, -0.05) is 35.3 Å². The Balaban J connectivity index is 0.000000255. The highest BCUT2D eigenvalue weighted by Crippen LogP contribution is 2.36. The summed E-state index contributed by atoms with van der Waals surface area (Å²) in [6.45, 7) is 3.48. The van der Waals surface area contributed by atoms with Gasteiger partial charge < -0.3 is 25.2 Å². The number of anilines is 4. The summed E-state index contributed by atoms with van der Waals surface area (Å²) < 4.78 is 48.0. The van der Waals surface area contributed by atoms with E-state index < -0.39 is 27.0 Å². The van der Waals surface area contributed by atoms with Gasteiger partial charge in [0.1, 0.15) is 35.8 Å². The summed E-state index contributed by atoms with van der Waals surface area (Å²) in [7, 11) is 10.5. The lowest BCUT2D eigenvalue weighted by Gasteiger charge is -2.14. The van der Waals surface area contributed by atoms with Gasteiger partial charge in [-0.25, -0.2) is 32.9 Å². The second-order valence-electron chi connectivity index (χ2n) is 10.6. The van der Waals surface area contributed by atoms with E-state index in [1.54, 1.807) is 56.5 Å². The van der Waals surface area contributed by atoms with Gasteiger partial charge in [0.15, 0.2) is 11.6 Å². The first-order valence-corrected chi connectivity index (χ1v) is 18.9. The molecule has 0 saturated heterocycles. The first-order chi connectivity index (χ1) is 24.7. The highest BCUT2D eigenvalue weighted by molar-refractivity contribution is 8.26. The van der Waals surface area contributed by atoms with Crippen molar-refractivity contribution in [1.82, 2.24) is 19.9 Å².